The molecule has 6 nitrogen and oxygen atoms in total. The molecular formula is C34H53N5O. The van der Waals surface area contributed by atoms with E-state index >= 15 is 0 Å². The number of nitrogens with two attached hydrogens (primary N) is 1. The van der Waals surface area contributed by atoms with E-state index < -0.39 is 0 Å². The van der Waals surface area contributed by atoms with Gasteiger partial charge in [-0.05, 0) is 98.5 Å². The van der Waals surface area contributed by atoms with Gasteiger partial charge in [-0.3, -0.25) is 14.7 Å². The number of hydrogen-bond donors (Lipinski definition) is 2. The molecule has 0 saturated carbocycles. The van der Waals surface area contributed by atoms with Crippen molar-refractivity contribution in [2.24, 2.45) is 10.7 Å². The van der Waals surface area contributed by atoms with E-state index in [0.717, 1.165) is 60.3 Å². The SMILES string of the molecule is C=C(/C=C(\C)CN1CCC(c2ccc(C(=O)N(C)C)cc2)CC1)C(/C=C\NC)=C1/C=NC(N)C=C1C.CC.CC. The van der Waals surface area contributed by atoms with Crippen molar-refractivity contribution < 1.29 is 4.79 Å². The van der Waals surface area contributed by atoms with Crippen LogP contribution < -0.4 is 11.1 Å². The zero-order valence-electron chi connectivity index (χ0n) is 26.4. The summed E-state index contributed by atoms with van der Waals surface area (Å²) in [5.74, 6) is 0.588. The largest absolute Gasteiger partial charge is 0.394 e. The van der Waals surface area contributed by atoms with Gasteiger partial charge in [0.05, 0.1) is 0 Å². The maximum absolute atomic E-state index is 12.2. The molecule has 0 bridgehead atoms. The van der Waals surface area contributed by atoms with Gasteiger partial charge in [-0.15, -0.1) is 0 Å². The molecule has 2 aliphatic heterocycles. The van der Waals surface area contributed by atoms with Crippen molar-refractivity contribution >= 4 is 12.1 Å². The fraction of sp³-hybridized carbons (Fsp3) is 0.471. The Morgan fingerprint density at radius 1 is 1.15 bits per heavy atom. The number of benzene rings is 1. The number of dihydropyridines is 1. The number of piperidine rings is 1. The average Bonchev–Trinajstić information content (AvgIpc) is 2.96. The average molecular weight is 548 g/mol. The van der Waals surface area contributed by atoms with E-state index in [1.165, 1.54) is 11.1 Å². The van der Waals surface area contributed by atoms with Crippen LogP contribution in [0.25, 0.3) is 0 Å². The molecule has 3 N–H and O–H groups in total. The summed E-state index contributed by atoms with van der Waals surface area (Å²) in [6.07, 6.45) is 11.9. The molecule has 0 radical (unpaired) electrons. The lowest BCUT2D eigenvalue weighted by molar-refractivity contribution is 0.0827. The van der Waals surface area contributed by atoms with E-state index in [0.29, 0.717) is 5.92 Å². The smallest absolute Gasteiger partial charge is 0.253 e. The molecule has 1 saturated heterocycles. The van der Waals surface area contributed by atoms with Crippen molar-refractivity contribution in [2.75, 3.05) is 40.8 Å². The van der Waals surface area contributed by atoms with Crippen molar-refractivity contribution in [3.05, 3.63) is 94.3 Å². The van der Waals surface area contributed by atoms with Crippen molar-refractivity contribution in [3.63, 3.8) is 0 Å². The first-order valence-electron chi connectivity index (χ1n) is 14.7. The van der Waals surface area contributed by atoms with Crippen LogP contribution >= 0.6 is 0 Å². The molecule has 0 aromatic heterocycles. The van der Waals surface area contributed by atoms with Crippen LogP contribution in [0.4, 0.5) is 0 Å². The maximum atomic E-state index is 12.2. The van der Waals surface area contributed by atoms with Gasteiger partial charge in [0.15, 0.2) is 0 Å². The lowest BCUT2D eigenvalue weighted by Crippen LogP contribution is -2.34. The van der Waals surface area contributed by atoms with Crippen LogP contribution in [-0.4, -0.2) is 68.9 Å². The summed E-state index contributed by atoms with van der Waals surface area (Å²) in [5, 5.41) is 3.07. The predicted molar refractivity (Wildman–Crippen MR) is 174 cm³/mol. The maximum Gasteiger partial charge on any atom is 0.253 e. The number of nitrogens with zero attached hydrogens (tertiary/aromatic N) is 3. The van der Waals surface area contributed by atoms with Crippen LogP contribution in [0.1, 0.15) is 76.2 Å². The van der Waals surface area contributed by atoms with Gasteiger partial charge < -0.3 is 16.0 Å². The summed E-state index contributed by atoms with van der Waals surface area (Å²) in [6, 6.07) is 8.16. The van der Waals surface area contributed by atoms with Gasteiger partial charge >= 0.3 is 0 Å². The molecule has 0 aliphatic carbocycles. The zero-order valence-corrected chi connectivity index (χ0v) is 26.4. The minimum Gasteiger partial charge on any atom is -0.394 e. The van der Waals surface area contributed by atoms with E-state index in [-0.39, 0.29) is 12.1 Å². The van der Waals surface area contributed by atoms with Crippen LogP contribution in [0.15, 0.2) is 88.1 Å². The molecule has 220 valence electrons. The topological polar surface area (TPSA) is 74.0 Å². The Morgan fingerprint density at radius 2 is 1.75 bits per heavy atom. The normalized spacial score (nSPS) is 19.1. The number of likely N-dealkylation sites (tertiary alicyclic amines) is 1. The van der Waals surface area contributed by atoms with E-state index in [1.807, 2.05) is 71.4 Å². The highest BCUT2D eigenvalue weighted by Crippen LogP contribution is 2.29. The number of rotatable bonds is 8. The molecule has 3 rings (SSSR count). The van der Waals surface area contributed by atoms with Gasteiger partial charge in [-0.1, -0.05) is 58.1 Å². The van der Waals surface area contributed by atoms with E-state index in [9.17, 15) is 4.79 Å². The fourth-order valence-corrected chi connectivity index (χ4v) is 4.82. The van der Waals surface area contributed by atoms with Crippen LogP contribution in [0.5, 0.6) is 0 Å². The first-order chi connectivity index (χ1) is 19.2. The number of allylic oxidation sites excluding steroid dienone is 6. The lowest BCUT2D eigenvalue weighted by atomic mass is 9.88. The van der Waals surface area contributed by atoms with Gasteiger partial charge in [0.2, 0.25) is 0 Å². The Labute approximate surface area is 244 Å². The molecule has 1 aromatic rings. The lowest BCUT2D eigenvalue weighted by Gasteiger charge is -2.32. The number of aliphatic imine (C=N–C) groups is 1. The minimum atomic E-state index is -0.282. The molecule has 1 fully saturated rings. The summed E-state index contributed by atoms with van der Waals surface area (Å²) >= 11 is 0. The van der Waals surface area contributed by atoms with E-state index in [2.05, 4.69) is 53.8 Å². The Balaban J connectivity index is 0.00000191. The molecule has 2 heterocycles. The molecule has 1 amide bonds. The monoisotopic (exact) mass is 547 g/mol. The summed E-state index contributed by atoms with van der Waals surface area (Å²) in [5.41, 5.74) is 13.5. The number of amides is 1. The van der Waals surface area contributed by atoms with Crippen LogP contribution in [-0.2, 0) is 0 Å². The second-order valence-electron chi connectivity index (χ2n) is 9.96. The molecule has 2 aliphatic rings. The highest BCUT2D eigenvalue weighted by atomic mass is 16.2. The Morgan fingerprint density at radius 3 is 2.27 bits per heavy atom. The summed E-state index contributed by atoms with van der Waals surface area (Å²) in [4.78, 5) is 20.7. The highest BCUT2D eigenvalue weighted by Gasteiger charge is 2.21. The number of hydrogen-bond acceptors (Lipinski definition) is 5. The standard InChI is InChI=1S/C30H41N5O.2C2H6/c1-21(17-22(2)27(11-14-32-4)28-19-33-29(31)18-23(28)3)20-35-15-12-25(13-16-35)24-7-9-26(10-8-24)30(36)34(5)6;2*1-2/h7-11,14,17-19,25,29,32H,2,12-13,15-16,20,31H2,1,3-6H3;2*1-2H3/b14-11-,21-17+,28-27-;;. The third-order valence-corrected chi connectivity index (χ3v) is 6.79. The van der Waals surface area contributed by atoms with E-state index in [1.54, 1.807) is 19.0 Å². The highest BCUT2D eigenvalue weighted by molar-refractivity contribution is 5.93. The van der Waals surface area contributed by atoms with Crippen LogP contribution in [0.2, 0.25) is 0 Å². The quantitative estimate of drug-likeness (QED) is 0.366. The van der Waals surface area contributed by atoms with Gasteiger partial charge in [0.1, 0.15) is 6.17 Å². The first kappa shape index (κ1) is 34.8. The van der Waals surface area contributed by atoms with Gasteiger partial charge in [0.25, 0.3) is 5.91 Å². The fourth-order valence-electron chi connectivity index (χ4n) is 4.82. The Hall–Kier alpha value is -3.22. The van der Waals surface area contributed by atoms with Gasteiger partial charge in [0, 0.05) is 45.0 Å². The molecule has 1 aromatic carbocycles. The van der Waals surface area contributed by atoms with Gasteiger partial charge in [-0.2, -0.15) is 0 Å². The molecular weight excluding hydrogens is 494 g/mol. The summed E-state index contributed by atoms with van der Waals surface area (Å²) in [6.45, 7) is 19.7. The van der Waals surface area contributed by atoms with Crippen molar-refractivity contribution in [3.8, 4) is 0 Å². The molecule has 6 heteroatoms. The molecule has 1 unspecified atom stereocenters. The summed E-state index contributed by atoms with van der Waals surface area (Å²) in [7, 11) is 5.46. The van der Waals surface area contributed by atoms with Crippen molar-refractivity contribution in [2.45, 2.75) is 66.5 Å². The predicted octanol–water partition coefficient (Wildman–Crippen LogP) is 6.47. The Bertz CT molecular complexity index is 1100. The van der Waals surface area contributed by atoms with E-state index in [4.69, 9.17) is 5.73 Å². The third kappa shape index (κ3) is 10.4. The molecule has 0 spiro atoms. The first-order valence-corrected chi connectivity index (χ1v) is 14.7. The minimum absolute atomic E-state index is 0.0472. The molecule has 1 atom stereocenters. The summed E-state index contributed by atoms with van der Waals surface area (Å²) < 4.78 is 0. The van der Waals surface area contributed by atoms with Gasteiger partial charge in [-0.25, -0.2) is 0 Å². The van der Waals surface area contributed by atoms with Crippen LogP contribution in [0.3, 0.4) is 0 Å². The second-order valence-corrected chi connectivity index (χ2v) is 9.96. The van der Waals surface area contributed by atoms with Crippen LogP contribution in [0, 0.1) is 0 Å². The number of nitrogens with one attached hydrogen (secondary N) is 1. The second kappa shape index (κ2) is 18.2. The third-order valence-electron chi connectivity index (χ3n) is 6.79. The molecule has 40 heavy (non-hydrogen) atoms. The number of carbonyl (C=O) groups is 1. The van der Waals surface area contributed by atoms with Crippen molar-refractivity contribution in [1.29, 1.82) is 0 Å². The zero-order chi connectivity index (χ0) is 30.2. The van der Waals surface area contributed by atoms with Crippen molar-refractivity contribution in [1.82, 2.24) is 15.1 Å². The Kier molecular flexibility index (Phi) is 15.8. The number of carbonyl (C=O) groups excluding carboxylic acids is 1.